The van der Waals surface area contributed by atoms with Crippen molar-refractivity contribution in [3.8, 4) is 10.6 Å². The summed E-state index contributed by atoms with van der Waals surface area (Å²) in [4.78, 5) is 17.2. The molecule has 0 aliphatic carbocycles. The molecule has 0 aliphatic heterocycles. The lowest BCUT2D eigenvalue weighted by atomic mass is 10.1. The lowest BCUT2D eigenvalue weighted by Gasteiger charge is -2.02. The molecular formula is C21H18N2O2S. The summed E-state index contributed by atoms with van der Waals surface area (Å²) in [7, 11) is 0. The molecule has 4 nitrogen and oxygen atoms in total. The van der Waals surface area contributed by atoms with E-state index in [0.717, 1.165) is 32.8 Å². The van der Waals surface area contributed by atoms with Gasteiger partial charge in [-0.2, -0.15) is 0 Å². The smallest absolute Gasteiger partial charge is 0.287 e. The maximum Gasteiger partial charge on any atom is 0.287 e. The van der Waals surface area contributed by atoms with E-state index in [4.69, 9.17) is 4.42 Å². The maximum atomic E-state index is 12.5. The molecule has 26 heavy (non-hydrogen) atoms. The number of carbonyl (C=O) groups is 1. The third-order valence-corrected chi connectivity index (χ3v) is 5.33. The molecule has 2 heterocycles. The first-order valence-corrected chi connectivity index (χ1v) is 9.28. The Morgan fingerprint density at radius 2 is 1.88 bits per heavy atom. The van der Waals surface area contributed by atoms with Crippen molar-refractivity contribution in [2.24, 2.45) is 0 Å². The van der Waals surface area contributed by atoms with Crippen molar-refractivity contribution in [1.29, 1.82) is 0 Å². The minimum Gasteiger partial charge on any atom is -0.451 e. The van der Waals surface area contributed by atoms with Gasteiger partial charge in [0.1, 0.15) is 10.6 Å². The zero-order chi connectivity index (χ0) is 18.1. The van der Waals surface area contributed by atoms with Gasteiger partial charge in [-0.1, -0.05) is 42.5 Å². The molecule has 5 heteroatoms. The summed E-state index contributed by atoms with van der Waals surface area (Å²) in [5.74, 6) is 0.143. The number of rotatable bonds is 4. The number of furan rings is 1. The number of aryl methyl sites for hydroxylation is 2. The molecule has 2 aromatic carbocycles. The number of para-hydroxylation sites is 1. The van der Waals surface area contributed by atoms with Gasteiger partial charge in [0.15, 0.2) is 5.76 Å². The number of aromatic nitrogens is 1. The van der Waals surface area contributed by atoms with Gasteiger partial charge < -0.3 is 9.73 Å². The molecule has 4 rings (SSSR count). The van der Waals surface area contributed by atoms with Gasteiger partial charge in [0.25, 0.3) is 5.91 Å². The van der Waals surface area contributed by atoms with Crippen LogP contribution in [-0.4, -0.2) is 10.9 Å². The molecule has 0 unspecified atom stereocenters. The van der Waals surface area contributed by atoms with Crippen LogP contribution in [-0.2, 0) is 6.54 Å². The average Bonchev–Trinajstić information content (AvgIpc) is 3.25. The van der Waals surface area contributed by atoms with Crippen molar-refractivity contribution in [2.45, 2.75) is 20.4 Å². The molecular weight excluding hydrogens is 344 g/mol. The maximum absolute atomic E-state index is 12.5. The zero-order valence-corrected chi connectivity index (χ0v) is 15.4. The molecule has 4 aromatic rings. The molecule has 0 aliphatic rings. The molecule has 0 radical (unpaired) electrons. The van der Waals surface area contributed by atoms with Crippen LogP contribution in [0.5, 0.6) is 0 Å². The van der Waals surface area contributed by atoms with Crippen LogP contribution < -0.4 is 5.32 Å². The number of hydrogen-bond donors (Lipinski definition) is 1. The summed E-state index contributed by atoms with van der Waals surface area (Å²) in [5, 5.41) is 6.82. The van der Waals surface area contributed by atoms with Crippen LogP contribution in [0.3, 0.4) is 0 Å². The number of fused-ring (bicyclic) bond motifs is 1. The third-order valence-electron chi connectivity index (χ3n) is 4.41. The predicted octanol–water partition coefficient (Wildman–Crippen LogP) is 5.10. The predicted molar refractivity (Wildman–Crippen MR) is 104 cm³/mol. The fourth-order valence-corrected chi connectivity index (χ4v) is 3.88. The van der Waals surface area contributed by atoms with E-state index < -0.39 is 0 Å². The second-order valence-corrected chi connectivity index (χ2v) is 7.05. The Labute approximate surface area is 155 Å². The van der Waals surface area contributed by atoms with Gasteiger partial charge >= 0.3 is 0 Å². The largest absolute Gasteiger partial charge is 0.451 e. The highest BCUT2D eigenvalue weighted by Gasteiger charge is 2.17. The number of benzene rings is 2. The van der Waals surface area contributed by atoms with Crippen LogP contribution in [0.2, 0.25) is 0 Å². The quantitative estimate of drug-likeness (QED) is 0.549. The lowest BCUT2D eigenvalue weighted by Crippen LogP contribution is -2.23. The van der Waals surface area contributed by atoms with Gasteiger partial charge in [0.05, 0.1) is 12.2 Å². The van der Waals surface area contributed by atoms with Gasteiger partial charge in [0.2, 0.25) is 0 Å². The van der Waals surface area contributed by atoms with E-state index in [1.807, 2.05) is 48.7 Å². The zero-order valence-electron chi connectivity index (χ0n) is 14.6. The van der Waals surface area contributed by atoms with Crippen LogP contribution in [0, 0.1) is 13.8 Å². The first-order chi connectivity index (χ1) is 12.6. The van der Waals surface area contributed by atoms with E-state index in [9.17, 15) is 4.79 Å². The van der Waals surface area contributed by atoms with Crippen LogP contribution in [0.4, 0.5) is 0 Å². The van der Waals surface area contributed by atoms with Crippen LogP contribution in [0.1, 0.15) is 27.4 Å². The average molecular weight is 362 g/mol. The second kappa shape index (κ2) is 6.77. The minimum atomic E-state index is -0.218. The van der Waals surface area contributed by atoms with Gasteiger partial charge in [-0.3, -0.25) is 4.79 Å². The molecule has 2 aromatic heterocycles. The topological polar surface area (TPSA) is 55.1 Å². The Morgan fingerprint density at radius 3 is 2.69 bits per heavy atom. The van der Waals surface area contributed by atoms with Crippen LogP contribution in [0.15, 0.2) is 58.3 Å². The van der Waals surface area contributed by atoms with E-state index >= 15 is 0 Å². The Bertz CT molecular complexity index is 1090. The highest BCUT2D eigenvalue weighted by Crippen LogP contribution is 2.27. The Hall–Kier alpha value is -2.92. The van der Waals surface area contributed by atoms with Crippen LogP contribution in [0.25, 0.3) is 21.5 Å². The highest BCUT2D eigenvalue weighted by molar-refractivity contribution is 7.13. The van der Waals surface area contributed by atoms with Crippen molar-refractivity contribution >= 4 is 28.2 Å². The van der Waals surface area contributed by atoms with Crippen molar-refractivity contribution < 1.29 is 9.21 Å². The summed E-state index contributed by atoms with van der Waals surface area (Å²) < 4.78 is 5.71. The molecule has 130 valence electrons. The van der Waals surface area contributed by atoms with Gasteiger partial charge in [-0.25, -0.2) is 4.98 Å². The number of hydrogen-bond acceptors (Lipinski definition) is 4. The van der Waals surface area contributed by atoms with Crippen LogP contribution >= 0.6 is 11.3 Å². The van der Waals surface area contributed by atoms with E-state index in [0.29, 0.717) is 12.3 Å². The van der Waals surface area contributed by atoms with E-state index in [1.54, 1.807) is 11.3 Å². The molecule has 0 saturated carbocycles. The molecule has 1 N–H and O–H groups in total. The first kappa shape index (κ1) is 16.5. The first-order valence-electron chi connectivity index (χ1n) is 8.40. The molecule has 0 bridgehead atoms. The Kier molecular flexibility index (Phi) is 4.31. The number of carbonyl (C=O) groups excluding carboxylic acids is 1. The summed E-state index contributed by atoms with van der Waals surface area (Å²) >= 11 is 1.59. The standard InChI is InChI=1S/C21H18N2O2S/c1-13-7-3-4-8-16(13)21-23-15(12-26-21)11-22-20(24)19-14(2)17-9-5-6-10-18(17)25-19/h3-10,12H,11H2,1-2H3,(H,22,24). The van der Waals surface area contributed by atoms with Gasteiger partial charge in [-0.15, -0.1) is 11.3 Å². The van der Waals surface area contributed by atoms with Gasteiger partial charge in [-0.05, 0) is 25.5 Å². The van der Waals surface area contributed by atoms with Gasteiger partial charge in [0, 0.05) is 21.9 Å². The van der Waals surface area contributed by atoms with Crippen molar-refractivity contribution in [3.05, 3.63) is 76.5 Å². The Balaban J connectivity index is 1.50. The fraction of sp³-hybridized carbons (Fsp3) is 0.143. The third kappa shape index (κ3) is 3.02. The normalized spacial score (nSPS) is 11.0. The summed E-state index contributed by atoms with van der Waals surface area (Å²) in [6, 6.07) is 15.8. The summed E-state index contributed by atoms with van der Waals surface area (Å²) in [5.41, 5.74) is 4.75. The number of nitrogens with one attached hydrogen (secondary N) is 1. The molecule has 0 fully saturated rings. The highest BCUT2D eigenvalue weighted by atomic mass is 32.1. The number of thiazole rings is 1. The van der Waals surface area contributed by atoms with Crippen molar-refractivity contribution in [1.82, 2.24) is 10.3 Å². The number of amides is 1. The fourth-order valence-electron chi connectivity index (χ4n) is 2.97. The minimum absolute atomic E-state index is 0.218. The summed E-state index contributed by atoms with van der Waals surface area (Å²) in [6.45, 7) is 4.35. The van der Waals surface area contributed by atoms with E-state index in [2.05, 4.69) is 29.4 Å². The summed E-state index contributed by atoms with van der Waals surface area (Å²) in [6.07, 6.45) is 0. The Morgan fingerprint density at radius 1 is 1.12 bits per heavy atom. The lowest BCUT2D eigenvalue weighted by molar-refractivity contribution is 0.0924. The molecule has 0 atom stereocenters. The van der Waals surface area contributed by atoms with Crippen molar-refractivity contribution in [2.75, 3.05) is 0 Å². The van der Waals surface area contributed by atoms with E-state index in [1.165, 1.54) is 5.56 Å². The molecule has 0 spiro atoms. The molecule has 0 saturated heterocycles. The van der Waals surface area contributed by atoms with E-state index in [-0.39, 0.29) is 5.91 Å². The number of nitrogens with zero attached hydrogens (tertiary/aromatic N) is 1. The monoisotopic (exact) mass is 362 g/mol. The SMILES string of the molecule is Cc1ccccc1-c1nc(CNC(=O)c2oc3ccccc3c2C)cs1. The second-order valence-electron chi connectivity index (χ2n) is 6.19. The molecule has 1 amide bonds. The van der Waals surface area contributed by atoms with Crippen molar-refractivity contribution in [3.63, 3.8) is 0 Å².